The second kappa shape index (κ2) is 8.86. The lowest BCUT2D eigenvalue weighted by Gasteiger charge is -2.15. The Balaban J connectivity index is 2.46. The predicted molar refractivity (Wildman–Crippen MR) is 84.3 cm³/mol. The van der Waals surface area contributed by atoms with Crippen molar-refractivity contribution in [1.29, 1.82) is 0 Å². The second-order valence-electron chi connectivity index (χ2n) is 4.56. The maximum absolute atomic E-state index is 11.6. The highest BCUT2D eigenvalue weighted by Crippen LogP contribution is 2.07. The molecule has 0 saturated carbocycles. The summed E-state index contributed by atoms with van der Waals surface area (Å²) in [6.45, 7) is 7.48. The summed E-state index contributed by atoms with van der Waals surface area (Å²) in [6.07, 6.45) is 1.57. The summed E-state index contributed by atoms with van der Waals surface area (Å²) in [4.78, 5) is 24.5. The Morgan fingerprint density at radius 3 is 2.33 bits per heavy atom. The van der Waals surface area contributed by atoms with Gasteiger partial charge in [-0.05, 0) is 30.8 Å². The number of hydrogen-bond acceptors (Lipinski definition) is 4. The van der Waals surface area contributed by atoms with Gasteiger partial charge >= 0.3 is 0 Å². The zero-order valence-corrected chi connectivity index (χ0v) is 12.7. The van der Waals surface area contributed by atoms with E-state index in [4.69, 9.17) is 0 Å². The van der Waals surface area contributed by atoms with Gasteiger partial charge in [-0.1, -0.05) is 26.0 Å². The van der Waals surface area contributed by atoms with Crippen LogP contribution in [0, 0.1) is 0 Å². The van der Waals surface area contributed by atoms with Crippen LogP contribution in [-0.4, -0.2) is 42.6 Å². The molecule has 0 saturated heterocycles. The van der Waals surface area contributed by atoms with Gasteiger partial charge in [0, 0.05) is 12.6 Å². The van der Waals surface area contributed by atoms with Crippen LogP contribution in [0.1, 0.15) is 26.3 Å². The average molecular weight is 290 g/mol. The van der Waals surface area contributed by atoms with Gasteiger partial charge in [-0.2, -0.15) is 5.10 Å². The van der Waals surface area contributed by atoms with E-state index in [1.54, 1.807) is 18.3 Å². The van der Waals surface area contributed by atoms with Gasteiger partial charge in [0.2, 0.25) is 5.91 Å². The first-order valence-electron chi connectivity index (χ1n) is 6.97. The van der Waals surface area contributed by atoms with E-state index >= 15 is 0 Å². The Morgan fingerprint density at radius 2 is 1.81 bits per heavy atom. The van der Waals surface area contributed by atoms with Crippen molar-refractivity contribution in [2.75, 3.05) is 25.0 Å². The lowest BCUT2D eigenvalue weighted by atomic mass is 10.2. The van der Waals surface area contributed by atoms with Crippen LogP contribution in [0.3, 0.4) is 0 Å². The molecule has 114 valence electrons. The molecule has 0 atom stereocenters. The quantitative estimate of drug-likeness (QED) is 0.589. The number of hydrogen-bond donors (Lipinski definition) is 2. The Hall–Kier alpha value is -2.21. The Bertz CT molecular complexity index is 493. The maximum Gasteiger partial charge on any atom is 0.254 e. The van der Waals surface area contributed by atoms with Gasteiger partial charge in [0.25, 0.3) is 5.91 Å². The van der Waals surface area contributed by atoms with Crippen LogP contribution in [0.5, 0.6) is 0 Å². The van der Waals surface area contributed by atoms with Crippen LogP contribution in [0.2, 0.25) is 0 Å². The predicted octanol–water partition coefficient (Wildman–Crippen LogP) is 1.44. The first-order valence-corrected chi connectivity index (χ1v) is 6.97. The van der Waals surface area contributed by atoms with Crippen LogP contribution < -0.4 is 10.7 Å². The summed E-state index contributed by atoms with van der Waals surface area (Å²) >= 11 is 0. The fraction of sp³-hybridized carbons (Fsp3) is 0.400. The molecule has 0 spiro atoms. The highest BCUT2D eigenvalue weighted by molar-refractivity contribution is 5.89. The van der Waals surface area contributed by atoms with Crippen LogP contribution in [0.4, 0.5) is 5.69 Å². The van der Waals surface area contributed by atoms with Crippen molar-refractivity contribution < 1.29 is 9.59 Å². The molecule has 0 fully saturated rings. The third-order valence-corrected chi connectivity index (χ3v) is 2.90. The van der Waals surface area contributed by atoms with E-state index in [0.717, 1.165) is 24.3 Å². The van der Waals surface area contributed by atoms with E-state index in [9.17, 15) is 9.59 Å². The molecule has 0 aliphatic rings. The van der Waals surface area contributed by atoms with Gasteiger partial charge in [0.05, 0.1) is 12.8 Å². The fourth-order valence-corrected chi connectivity index (χ4v) is 1.72. The topological polar surface area (TPSA) is 73.8 Å². The molecule has 0 aromatic heterocycles. The van der Waals surface area contributed by atoms with E-state index in [0.29, 0.717) is 6.54 Å². The van der Waals surface area contributed by atoms with Gasteiger partial charge in [0.1, 0.15) is 0 Å². The van der Waals surface area contributed by atoms with Gasteiger partial charge in [-0.15, -0.1) is 0 Å². The molecule has 0 aliphatic carbocycles. The van der Waals surface area contributed by atoms with Crippen LogP contribution in [0.25, 0.3) is 0 Å². The first kappa shape index (κ1) is 16.8. The molecular weight excluding hydrogens is 268 g/mol. The summed E-state index contributed by atoms with van der Waals surface area (Å²) < 4.78 is 0. The van der Waals surface area contributed by atoms with Gasteiger partial charge < -0.3 is 5.32 Å². The normalized spacial score (nSPS) is 10.9. The average Bonchev–Trinajstić information content (AvgIpc) is 2.46. The maximum atomic E-state index is 11.6. The smallest absolute Gasteiger partial charge is 0.254 e. The van der Waals surface area contributed by atoms with Crippen LogP contribution in [-0.2, 0) is 9.59 Å². The second-order valence-corrected chi connectivity index (χ2v) is 4.56. The molecule has 1 rings (SSSR count). The lowest BCUT2D eigenvalue weighted by molar-refractivity contribution is -0.122. The number of carbonyl (C=O) groups excluding carboxylic acids is 2. The van der Waals surface area contributed by atoms with E-state index < -0.39 is 0 Å². The minimum absolute atomic E-state index is 0.111. The van der Waals surface area contributed by atoms with E-state index in [1.165, 1.54) is 6.92 Å². The molecule has 2 amide bonds. The molecule has 0 radical (unpaired) electrons. The zero-order valence-electron chi connectivity index (χ0n) is 12.7. The third kappa shape index (κ3) is 6.67. The lowest BCUT2D eigenvalue weighted by Crippen LogP contribution is -2.35. The summed E-state index contributed by atoms with van der Waals surface area (Å²) in [6, 6.07) is 7.18. The summed E-state index contributed by atoms with van der Waals surface area (Å²) in [5, 5.41) is 6.60. The molecule has 0 unspecified atom stereocenters. The first-order chi connectivity index (χ1) is 10.0. The van der Waals surface area contributed by atoms with Crippen molar-refractivity contribution in [3.8, 4) is 0 Å². The molecule has 1 aromatic carbocycles. The minimum Gasteiger partial charge on any atom is -0.326 e. The summed E-state index contributed by atoms with van der Waals surface area (Å²) in [5.74, 6) is -0.245. The van der Waals surface area contributed by atoms with E-state index in [-0.39, 0.29) is 11.8 Å². The monoisotopic (exact) mass is 290 g/mol. The zero-order chi connectivity index (χ0) is 15.7. The number of carbonyl (C=O) groups is 2. The largest absolute Gasteiger partial charge is 0.326 e. The van der Waals surface area contributed by atoms with Crippen molar-refractivity contribution in [2.45, 2.75) is 20.8 Å². The summed E-state index contributed by atoms with van der Waals surface area (Å²) in [5.41, 5.74) is 4.06. The number of hydrazone groups is 1. The molecule has 21 heavy (non-hydrogen) atoms. The molecule has 6 heteroatoms. The molecule has 0 heterocycles. The van der Waals surface area contributed by atoms with E-state index in [1.807, 2.05) is 30.9 Å². The number of rotatable bonds is 7. The summed E-state index contributed by atoms with van der Waals surface area (Å²) in [7, 11) is 0. The van der Waals surface area contributed by atoms with E-state index in [2.05, 4.69) is 15.8 Å². The molecular formula is C15H22N4O2. The molecule has 0 bridgehead atoms. The number of amides is 2. The highest BCUT2D eigenvalue weighted by atomic mass is 16.2. The minimum atomic E-state index is -0.134. The Morgan fingerprint density at radius 1 is 1.19 bits per heavy atom. The number of likely N-dealkylation sites (N-methyl/N-ethyl adjacent to an activating group) is 1. The molecule has 0 aliphatic heterocycles. The van der Waals surface area contributed by atoms with Gasteiger partial charge in [0.15, 0.2) is 0 Å². The van der Waals surface area contributed by atoms with Gasteiger partial charge in [-0.25, -0.2) is 5.43 Å². The van der Waals surface area contributed by atoms with Crippen molar-refractivity contribution in [3.63, 3.8) is 0 Å². The van der Waals surface area contributed by atoms with Crippen LogP contribution in [0.15, 0.2) is 29.4 Å². The number of anilines is 1. The van der Waals surface area contributed by atoms with Crippen molar-refractivity contribution in [2.24, 2.45) is 5.10 Å². The Labute approximate surface area is 125 Å². The number of nitrogens with one attached hydrogen (secondary N) is 2. The van der Waals surface area contributed by atoms with Crippen molar-refractivity contribution >= 4 is 23.7 Å². The number of benzene rings is 1. The fourth-order valence-electron chi connectivity index (χ4n) is 1.72. The third-order valence-electron chi connectivity index (χ3n) is 2.90. The number of nitrogens with zero attached hydrogens (tertiary/aromatic N) is 2. The van der Waals surface area contributed by atoms with Crippen molar-refractivity contribution in [1.82, 2.24) is 10.3 Å². The molecule has 1 aromatic rings. The standard InChI is InChI=1S/C15H22N4O2/c1-4-19(5-2)11-15(21)18-16-10-13-6-8-14(9-7-13)17-12(3)20/h6-10H,4-5,11H2,1-3H3,(H,17,20)(H,18,21)/b16-10-. The van der Waals surface area contributed by atoms with Crippen molar-refractivity contribution in [3.05, 3.63) is 29.8 Å². The van der Waals surface area contributed by atoms with Crippen LogP contribution >= 0.6 is 0 Å². The highest BCUT2D eigenvalue weighted by Gasteiger charge is 2.05. The Kier molecular flexibility index (Phi) is 7.11. The van der Waals surface area contributed by atoms with Gasteiger partial charge in [-0.3, -0.25) is 14.5 Å². The SMILES string of the molecule is CCN(CC)CC(=O)N/N=C\c1ccc(NC(C)=O)cc1. The molecule has 6 nitrogen and oxygen atoms in total. The molecule has 2 N–H and O–H groups in total.